The van der Waals surface area contributed by atoms with E-state index in [9.17, 15) is 4.79 Å². The molecule has 0 aliphatic heterocycles. The van der Waals surface area contributed by atoms with Gasteiger partial charge in [0.1, 0.15) is 0 Å². The van der Waals surface area contributed by atoms with E-state index < -0.39 is 0 Å². The summed E-state index contributed by atoms with van der Waals surface area (Å²) >= 11 is 0.230. The molecule has 0 aliphatic carbocycles. The fraction of sp³-hybridized carbons (Fsp3) is 0.625. The van der Waals surface area contributed by atoms with E-state index in [0.717, 1.165) is 0 Å². The van der Waals surface area contributed by atoms with Crippen molar-refractivity contribution in [3.05, 3.63) is 12.2 Å². The molecule has 0 aromatic carbocycles. The molecule has 0 aliphatic rings. The van der Waals surface area contributed by atoms with Crippen molar-refractivity contribution in [3.8, 4) is 0 Å². The van der Waals surface area contributed by atoms with Crippen LogP contribution < -0.4 is 0 Å². The van der Waals surface area contributed by atoms with Crippen LogP contribution in [0.5, 0.6) is 0 Å². The molecule has 0 bridgehead atoms. The molecule has 0 aromatic rings. The molecule has 0 N–H and O–H groups in total. The van der Waals surface area contributed by atoms with Crippen LogP contribution in [-0.2, 0) is 9.53 Å². The predicted molar refractivity (Wildman–Crippen MR) is 48.9 cm³/mol. The van der Waals surface area contributed by atoms with Crippen molar-refractivity contribution < 1.29 is 9.53 Å². The van der Waals surface area contributed by atoms with E-state index in [1.54, 1.807) is 13.8 Å². The Balaban J connectivity index is 0. The molecule has 0 fully saturated rings. The molecule has 0 saturated heterocycles. The fourth-order valence-corrected chi connectivity index (χ4v) is 0.254. The normalized spacial score (nSPS) is 7.64. The molecule has 0 amide bonds. The monoisotopic (exact) mass is 264 g/mol. The standard InChI is InChI=1S/C6H10O2.2CH3.Sn/c1-4-8-6(7)5(2)3;;;/h2,4H2,1,3H3;2*1H3;. The van der Waals surface area contributed by atoms with Crippen molar-refractivity contribution in [1.29, 1.82) is 0 Å². The average Bonchev–Trinajstić information content (AvgIpc) is 1.90. The second-order valence-electron chi connectivity index (χ2n) is 2.00. The maximum atomic E-state index is 10.4. The third kappa shape index (κ3) is 13.1. The summed E-state index contributed by atoms with van der Waals surface area (Å²) in [4.78, 5) is 15.0. The first-order chi connectivity index (χ1) is 5.09. The van der Waals surface area contributed by atoms with Crippen molar-refractivity contribution in [2.24, 2.45) is 0 Å². The van der Waals surface area contributed by atoms with Gasteiger partial charge in [0.25, 0.3) is 0 Å². The summed E-state index contributed by atoms with van der Waals surface area (Å²) in [7, 11) is 0. The number of carbonyl (C=O) groups is 1. The van der Waals surface area contributed by atoms with Crippen molar-refractivity contribution in [2.75, 3.05) is 6.61 Å². The van der Waals surface area contributed by atoms with Gasteiger partial charge in [-0.15, -0.1) is 0 Å². The molecule has 0 saturated carbocycles. The van der Waals surface area contributed by atoms with Gasteiger partial charge in [-0.25, -0.2) is 4.79 Å². The Morgan fingerprint density at radius 3 is 2.00 bits per heavy atom. The molecule has 2 radical (unpaired) electrons. The Hall–Kier alpha value is 0.00870. The number of ether oxygens (including phenoxy) is 1. The quantitative estimate of drug-likeness (QED) is 0.432. The van der Waals surface area contributed by atoms with Gasteiger partial charge in [-0.2, -0.15) is 0 Å². The number of esters is 1. The van der Waals surface area contributed by atoms with E-state index >= 15 is 0 Å². The van der Waals surface area contributed by atoms with Crippen LogP contribution in [0.1, 0.15) is 13.8 Å². The van der Waals surface area contributed by atoms with Gasteiger partial charge in [0.05, 0.1) is 6.61 Å². The maximum absolute atomic E-state index is 10.4. The molecule has 0 unspecified atom stereocenters. The second kappa shape index (κ2) is 10.0. The zero-order chi connectivity index (χ0) is 9.28. The number of rotatable bonds is 2. The number of hydrogen-bond acceptors (Lipinski definition) is 2. The van der Waals surface area contributed by atoms with Gasteiger partial charge in [0, 0.05) is 5.57 Å². The molecule has 2 nitrogen and oxygen atoms in total. The molecule has 0 aromatic heterocycles. The van der Waals surface area contributed by atoms with E-state index in [4.69, 9.17) is 0 Å². The van der Waals surface area contributed by atoms with Crippen LogP contribution in [-0.4, -0.2) is 33.7 Å². The van der Waals surface area contributed by atoms with Crippen LogP contribution in [0.25, 0.3) is 0 Å². The van der Waals surface area contributed by atoms with Crippen LogP contribution in [0, 0.1) is 0 Å². The summed E-state index contributed by atoms with van der Waals surface area (Å²) in [5, 5.41) is 0. The molecular weight excluding hydrogens is 247 g/mol. The van der Waals surface area contributed by atoms with Gasteiger partial charge in [0.2, 0.25) is 0 Å². The molecule has 3 heteroatoms. The summed E-state index contributed by atoms with van der Waals surface area (Å²) in [6, 6.07) is 0. The molecule has 0 atom stereocenters. The first-order valence-corrected chi connectivity index (χ1v) is 9.22. The van der Waals surface area contributed by atoms with Gasteiger partial charge < -0.3 is 4.74 Å². The third-order valence-corrected chi connectivity index (χ3v) is 0.624. The van der Waals surface area contributed by atoms with Crippen molar-refractivity contribution in [1.82, 2.24) is 0 Å². The molecule has 0 spiro atoms. The van der Waals surface area contributed by atoms with Crippen molar-refractivity contribution in [3.63, 3.8) is 0 Å². The first-order valence-electron chi connectivity index (χ1n) is 3.51. The van der Waals surface area contributed by atoms with Gasteiger partial charge in [-0.05, 0) is 13.8 Å². The molecule has 0 rings (SSSR count). The van der Waals surface area contributed by atoms with Gasteiger partial charge >= 0.3 is 37.0 Å². The van der Waals surface area contributed by atoms with Crippen molar-refractivity contribution in [2.45, 2.75) is 23.7 Å². The van der Waals surface area contributed by atoms with Gasteiger partial charge in [0.15, 0.2) is 0 Å². The minimum atomic E-state index is -0.312. The van der Waals surface area contributed by atoms with E-state index in [0.29, 0.717) is 12.2 Å². The summed E-state index contributed by atoms with van der Waals surface area (Å²) in [6.07, 6.45) is 0. The molecular formula is C8H16O2Sn. The Morgan fingerprint density at radius 1 is 1.55 bits per heavy atom. The molecule has 64 valence electrons. The van der Waals surface area contributed by atoms with Crippen LogP contribution in [0.4, 0.5) is 0 Å². The number of hydrogen-bond donors (Lipinski definition) is 0. The first kappa shape index (κ1) is 13.6. The Labute approximate surface area is 79.2 Å². The van der Waals surface area contributed by atoms with Crippen LogP contribution >= 0.6 is 0 Å². The Morgan fingerprint density at radius 2 is 1.91 bits per heavy atom. The van der Waals surface area contributed by atoms with Gasteiger partial charge in [-0.3, -0.25) is 0 Å². The number of carbonyl (C=O) groups excluding carboxylic acids is 1. The zero-order valence-electron chi connectivity index (χ0n) is 7.73. The van der Waals surface area contributed by atoms with E-state index in [-0.39, 0.29) is 27.1 Å². The topological polar surface area (TPSA) is 26.3 Å². The summed E-state index contributed by atoms with van der Waals surface area (Å²) in [5.41, 5.74) is 0.451. The average molecular weight is 263 g/mol. The fourth-order valence-electron chi connectivity index (χ4n) is 0.254. The SMILES string of the molecule is C=C(C)C(=O)OCC.[CH3][Sn][CH3]. The molecule has 11 heavy (non-hydrogen) atoms. The van der Waals surface area contributed by atoms with E-state index in [2.05, 4.69) is 21.2 Å². The van der Waals surface area contributed by atoms with Crippen LogP contribution in [0.2, 0.25) is 9.88 Å². The molecule has 0 heterocycles. The second-order valence-corrected chi connectivity index (χ2v) is 4.85. The van der Waals surface area contributed by atoms with E-state index in [1.165, 1.54) is 0 Å². The Bertz CT molecular complexity index is 121. The summed E-state index contributed by atoms with van der Waals surface area (Å²) < 4.78 is 4.56. The van der Waals surface area contributed by atoms with E-state index in [1.807, 2.05) is 0 Å². The van der Waals surface area contributed by atoms with Crippen LogP contribution in [0.15, 0.2) is 12.2 Å². The zero-order valence-corrected chi connectivity index (χ0v) is 10.6. The summed E-state index contributed by atoms with van der Waals surface area (Å²) in [5.74, 6) is -0.312. The Kier molecular flexibility index (Phi) is 12.4. The van der Waals surface area contributed by atoms with Gasteiger partial charge in [-0.1, -0.05) is 6.58 Å². The third-order valence-electron chi connectivity index (χ3n) is 0.624. The van der Waals surface area contributed by atoms with Crippen molar-refractivity contribution >= 4 is 27.1 Å². The van der Waals surface area contributed by atoms with Crippen LogP contribution in [0.3, 0.4) is 0 Å². The summed E-state index contributed by atoms with van der Waals surface area (Å²) in [6.45, 7) is 7.21. The predicted octanol–water partition coefficient (Wildman–Crippen LogP) is 1.91. The minimum absolute atomic E-state index is 0.230.